The van der Waals surface area contributed by atoms with Gasteiger partial charge in [0.2, 0.25) is 27.4 Å². The van der Waals surface area contributed by atoms with E-state index in [0.717, 1.165) is 18.4 Å². The molecule has 0 aliphatic carbocycles. The van der Waals surface area contributed by atoms with Gasteiger partial charge in [-0.05, 0) is 42.8 Å². The number of benzene rings is 2. The molecule has 2 aromatic carbocycles. The zero-order chi connectivity index (χ0) is 31.3. The van der Waals surface area contributed by atoms with Gasteiger partial charge in [-0.15, -0.1) is 0 Å². The van der Waals surface area contributed by atoms with Crippen molar-refractivity contribution in [1.29, 1.82) is 0 Å². The number of rotatable bonds is 7. The predicted octanol–water partition coefficient (Wildman–Crippen LogP) is 4.16. The first-order valence-corrected chi connectivity index (χ1v) is 15.2. The lowest BCUT2D eigenvalue weighted by Crippen LogP contribution is -2.48. The van der Waals surface area contributed by atoms with Crippen LogP contribution in [-0.4, -0.2) is 70.7 Å². The third kappa shape index (κ3) is 5.35. The van der Waals surface area contributed by atoms with E-state index >= 15 is 4.39 Å². The van der Waals surface area contributed by atoms with E-state index in [0.29, 0.717) is 40.9 Å². The highest BCUT2D eigenvalue weighted by molar-refractivity contribution is 7.88. The summed E-state index contributed by atoms with van der Waals surface area (Å²) in [5, 5.41) is 4.71. The van der Waals surface area contributed by atoms with E-state index in [-0.39, 0.29) is 36.0 Å². The highest BCUT2D eigenvalue weighted by Gasteiger charge is 2.26. The third-order valence-electron chi connectivity index (χ3n) is 7.44. The molecular formula is C29H26F3N7O4S. The van der Waals surface area contributed by atoms with Crippen LogP contribution in [0, 0.1) is 24.4 Å². The van der Waals surface area contributed by atoms with Crippen molar-refractivity contribution < 1.29 is 31.1 Å². The zero-order valence-corrected chi connectivity index (χ0v) is 24.3. The van der Waals surface area contributed by atoms with Crippen molar-refractivity contribution in [3.63, 3.8) is 0 Å². The number of carbonyl (C=O) groups is 1. The molecule has 44 heavy (non-hydrogen) atoms. The van der Waals surface area contributed by atoms with E-state index in [1.807, 2.05) is 0 Å². The number of anilines is 2. The van der Waals surface area contributed by atoms with Crippen LogP contribution in [0.5, 0.6) is 11.6 Å². The molecule has 1 aliphatic heterocycles. The standard InChI is InChI=1S/C29H26F3N7O4S/c1-16-10-26(43-28-19(30)4-3-5-20(28)31)34-15-25(16)39-29(33)18(14-35-39)27(40)23-12-17-11-21(32)24(13-22(17)36-23)37-6-8-38(9-7-37)44(2,41)42/h3-5,10-15,36H,6-9,33H2,1-2H3. The number of para-hydroxylation sites is 1. The summed E-state index contributed by atoms with van der Waals surface area (Å²) < 4.78 is 74.7. The number of ketones is 1. The second-order valence-electron chi connectivity index (χ2n) is 10.4. The summed E-state index contributed by atoms with van der Waals surface area (Å²) in [6, 6.07) is 9.23. The van der Waals surface area contributed by atoms with Gasteiger partial charge in [-0.3, -0.25) is 4.79 Å². The smallest absolute Gasteiger partial charge is 0.219 e. The summed E-state index contributed by atoms with van der Waals surface area (Å²) in [5.74, 6) is -3.36. The predicted molar refractivity (Wildman–Crippen MR) is 157 cm³/mol. The van der Waals surface area contributed by atoms with E-state index in [1.54, 1.807) is 17.9 Å². The number of sulfonamides is 1. The summed E-state index contributed by atoms with van der Waals surface area (Å²) >= 11 is 0. The lowest BCUT2D eigenvalue weighted by molar-refractivity contribution is 0.103. The first-order valence-electron chi connectivity index (χ1n) is 13.4. The molecule has 15 heteroatoms. The van der Waals surface area contributed by atoms with Crippen LogP contribution < -0.4 is 15.4 Å². The molecule has 0 unspecified atom stereocenters. The molecule has 0 radical (unpaired) electrons. The number of nitrogens with two attached hydrogens (primary N) is 1. The minimum absolute atomic E-state index is 0.0167. The monoisotopic (exact) mass is 625 g/mol. The Balaban J connectivity index is 1.23. The Morgan fingerprint density at radius 1 is 0.977 bits per heavy atom. The number of H-pyrrole nitrogens is 1. The number of aryl methyl sites for hydroxylation is 1. The first kappa shape index (κ1) is 29.2. The zero-order valence-electron chi connectivity index (χ0n) is 23.5. The van der Waals surface area contributed by atoms with Gasteiger partial charge >= 0.3 is 0 Å². The summed E-state index contributed by atoms with van der Waals surface area (Å²) in [6.45, 7) is 2.80. The number of aromatic nitrogens is 4. The Kier molecular flexibility index (Phi) is 7.29. The van der Waals surface area contributed by atoms with Gasteiger partial charge in [-0.1, -0.05) is 6.07 Å². The fraction of sp³-hybridized carbons (Fsp3) is 0.207. The number of piperazine rings is 1. The minimum Gasteiger partial charge on any atom is -0.433 e. The fourth-order valence-corrected chi connectivity index (χ4v) is 5.95. The van der Waals surface area contributed by atoms with Crippen molar-refractivity contribution in [3.05, 3.63) is 89.1 Å². The molecular weight excluding hydrogens is 599 g/mol. The van der Waals surface area contributed by atoms with E-state index in [9.17, 15) is 22.0 Å². The van der Waals surface area contributed by atoms with Crippen molar-refractivity contribution in [2.24, 2.45) is 0 Å². The number of aromatic amines is 1. The Labute approximate surface area is 249 Å². The van der Waals surface area contributed by atoms with Crippen LogP contribution in [0.2, 0.25) is 0 Å². The summed E-state index contributed by atoms with van der Waals surface area (Å²) in [7, 11) is -3.33. The maximum Gasteiger partial charge on any atom is 0.219 e. The Bertz CT molecular complexity index is 2020. The molecule has 3 N–H and O–H groups in total. The Hall–Kier alpha value is -4.89. The summed E-state index contributed by atoms with van der Waals surface area (Å²) in [5.41, 5.74) is 8.33. The number of pyridine rings is 1. The molecule has 3 aromatic heterocycles. The van der Waals surface area contributed by atoms with Crippen molar-refractivity contribution >= 4 is 38.2 Å². The van der Waals surface area contributed by atoms with Gasteiger partial charge in [-0.25, -0.2) is 31.3 Å². The topological polar surface area (TPSA) is 139 Å². The molecule has 1 aliphatic rings. The first-order chi connectivity index (χ1) is 20.9. The van der Waals surface area contributed by atoms with Crippen LogP contribution in [0.3, 0.4) is 0 Å². The second kappa shape index (κ2) is 11.0. The number of ether oxygens (including phenoxy) is 1. The van der Waals surface area contributed by atoms with Crippen LogP contribution in [0.15, 0.2) is 54.9 Å². The quantitative estimate of drug-likeness (QED) is 0.257. The van der Waals surface area contributed by atoms with Gasteiger partial charge in [0, 0.05) is 43.1 Å². The molecule has 11 nitrogen and oxygen atoms in total. The van der Waals surface area contributed by atoms with Gasteiger partial charge in [0.1, 0.15) is 11.6 Å². The summed E-state index contributed by atoms with van der Waals surface area (Å²) in [6.07, 6.45) is 3.80. The average molecular weight is 626 g/mol. The molecule has 4 heterocycles. The maximum absolute atomic E-state index is 15.1. The van der Waals surface area contributed by atoms with Crippen molar-refractivity contribution in [3.8, 4) is 17.3 Å². The molecule has 0 amide bonds. The third-order valence-corrected chi connectivity index (χ3v) is 8.75. The normalized spacial score (nSPS) is 14.3. The number of nitrogen functional groups attached to an aromatic ring is 1. The molecule has 0 spiro atoms. The lowest BCUT2D eigenvalue weighted by atomic mass is 10.1. The number of fused-ring (bicyclic) bond motifs is 1. The molecule has 1 saturated heterocycles. The highest BCUT2D eigenvalue weighted by atomic mass is 32.2. The molecule has 0 saturated carbocycles. The van der Waals surface area contributed by atoms with Gasteiger partial charge in [-0.2, -0.15) is 9.40 Å². The number of hydrogen-bond acceptors (Lipinski definition) is 8. The Morgan fingerprint density at radius 2 is 1.68 bits per heavy atom. The number of nitrogens with one attached hydrogen (secondary N) is 1. The van der Waals surface area contributed by atoms with Crippen molar-refractivity contribution in [1.82, 2.24) is 24.1 Å². The van der Waals surface area contributed by atoms with E-state index < -0.39 is 39.0 Å². The largest absolute Gasteiger partial charge is 0.433 e. The van der Waals surface area contributed by atoms with Gasteiger partial charge < -0.3 is 20.4 Å². The van der Waals surface area contributed by atoms with Gasteiger partial charge in [0.15, 0.2) is 11.6 Å². The lowest BCUT2D eigenvalue weighted by Gasteiger charge is -2.34. The van der Waals surface area contributed by atoms with Gasteiger partial charge in [0.05, 0.1) is 41.3 Å². The molecule has 5 aromatic rings. The molecule has 228 valence electrons. The molecule has 0 bridgehead atoms. The average Bonchev–Trinajstić information content (AvgIpc) is 3.57. The van der Waals surface area contributed by atoms with E-state index in [2.05, 4.69) is 15.1 Å². The molecule has 1 fully saturated rings. The number of nitrogens with zero attached hydrogens (tertiary/aromatic N) is 5. The summed E-state index contributed by atoms with van der Waals surface area (Å²) in [4.78, 5) is 22.4. The van der Waals surface area contributed by atoms with Crippen molar-refractivity contribution in [2.45, 2.75) is 6.92 Å². The van der Waals surface area contributed by atoms with Crippen LogP contribution in [0.1, 0.15) is 21.6 Å². The highest BCUT2D eigenvalue weighted by Crippen LogP contribution is 2.31. The maximum atomic E-state index is 15.1. The van der Waals surface area contributed by atoms with Crippen LogP contribution in [0.25, 0.3) is 16.6 Å². The van der Waals surface area contributed by atoms with E-state index in [1.165, 1.54) is 45.6 Å². The second-order valence-corrected chi connectivity index (χ2v) is 12.4. The number of halogens is 3. The SMILES string of the molecule is Cc1cc(Oc2c(F)cccc2F)ncc1-n1ncc(C(=O)c2cc3cc(F)c(N4CCN(S(C)(=O)=O)CC4)cc3[nH]2)c1N. The van der Waals surface area contributed by atoms with E-state index in [4.69, 9.17) is 10.5 Å². The number of hydrogen-bond donors (Lipinski definition) is 2. The van der Waals surface area contributed by atoms with Crippen LogP contribution in [-0.2, 0) is 10.0 Å². The fourth-order valence-electron chi connectivity index (χ4n) is 5.12. The van der Waals surface area contributed by atoms with Gasteiger partial charge in [0.25, 0.3) is 0 Å². The minimum atomic E-state index is -3.33. The Morgan fingerprint density at radius 3 is 2.34 bits per heavy atom. The molecule has 0 atom stereocenters. The van der Waals surface area contributed by atoms with Crippen molar-refractivity contribution in [2.75, 3.05) is 43.1 Å². The molecule has 6 rings (SSSR count). The van der Waals surface area contributed by atoms with Crippen LogP contribution in [0.4, 0.5) is 24.7 Å². The number of carbonyl (C=O) groups excluding carboxylic acids is 1. The van der Waals surface area contributed by atoms with Crippen LogP contribution >= 0.6 is 0 Å².